The van der Waals surface area contributed by atoms with Crippen LogP contribution in [-0.2, 0) is 0 Å². The van der Waals surface area contributed by atoms with E-state index in [1.807, 2.05) is 61.8 Å². The van der Waals surface area contributed by atoms with E-state index >= 15 is 0 Å². The van der Waals surface area contributed by atoms with Crippen molar-refractivity contribution in [2.24, 2.45) is 0 Å². The van der Waals surface area contributed by atoms with Gasteiger partial charge in [0.2, 0.25) is 0 Å². The van der Waals surface area contributed by atoms with E-state index in [0.29, 0.717) is 0 Å². The monoisotopic (exact) mass is 279 g/mol. The Hall–Kier alpha value is -2.46. The van der Waals surface area contributed by atoms with Crippen molar-refractivity contribution in [1.82, 2.24) is 15.3 Å². The lowest BCUT2D eigenvalue weighted by atomic mass is 10.0. The molecular formula is C17H17N3O. The molecule has 0 radical (unpaired) electrons. The van der Waals surface area contributed by atoms with Gasteiger partial charge in [0.1, 0.15) is 5.75 Å². The van der Waals surface area contributed by atoms with E-state index in [2.05, 4.69) is 10.3 Å². The van der Waals surface area contributed by atoms with Crippen molar-refractivity contribution in [3.05, 3.63) is 66.0 Å². The lowest BCUT2D eigenvalue weighted by Crippen LogP contribution is -2.20. The third-order valence-electron chi connectivity index (χ3n) is 3.50. The Balaban J connectivity index is 2.09. The van der Waals surface area contributed by atoms with Gasteiger partial charge in [0.05, 0.1) is 36.1 Å². The summed E-state index contributed by atoms with van der Waals surface area (Å²) in [5, 5.41) is 3.29. The second-order valence-electron chi connectivity index (χ2n) is 4.75. The third kappa shape index (κ3) is 2.58. The molecule has 0 saturated heterocycles. The van der Waals surface area contributed by atoms with Crippen LogP contribution in [0.2, 0.25) is 0 Å². The van der Waals surface area contributed by atoms with Crippen LogP contribution in [0.5, 0.6) is 5.75 Å². The molecule has 3 rings (SSSR count). The first kappa shape index (κ1) is 13.5. The average Bonchev–Trinajstić information content (AvgIpc) is 2.56. The van der Waals surface area contributed by atoms with Crippen LogP contribution in [0.1, 0.15) is 17.3 Å². The topological polar surface area (TPSA) is 47.0 Å². The number of ether oxygens (including phenoxy) is 1. The van der Waals surface area contributed by atoms with Crippen LogP contribution >= 0.6 is 0 Å². The Bertz CT molecular complexity index is 758. The molecule has 0 bridgehead atoms. The van der Waals surface area contributed by atoms with Gasteiger partial charge in [-0.2, -0.15) is 0 Å². The van der Waals surface area contributed by atoms with Crippen LogP contribution in [0, 0.1) is 0 Å². The minimum Gasteiger partial charge on any atom is -0.496 e. The van der Waals surface area contributed by atoms with Gasteiger partial charge in [-0.25, -0.2) is 4.98 Å². The van der Waals surface area contributed by atoms with Crippen molar-refractivity contribution in [2.45, 2.75) is 6.04 Å². The van der Waals surface area contributed by atoms with Gasteiger partial charge in [0.15, 0.2) is 0 Å². The number of methoxy groups -OCH3 is 1. The Kier molecular flexibility index (Phi) is 3.79. The summed E-state index contributed by atoms with van der Waals surface area (Å²) in [4.78, 5) is 9.21. The van der Waals surface area contributed by atoms with Crippen molar-refractivity contribution in [1.29, 1.82) is 0 Å². The summed E-state index contributed by atoms with van der Waals surface area (Å²) < 4.78 is 5.45. The highest BCUT2D eigenvalue weighted by Crippen LogP contribution is 2.28. The zero-order valence-electron chi connectivity index (χ0n) is 12.1. The van der Waals surface area contributed by atoms with Gasteiger partial charge in [-0.3, -0.25) is 4.98 Å². The first-order valence-electron chi connectivity index (χ1n) is 6.85. The minimum absolute atomic E-state index is 0.0572. The van der Waals surface area contributed by atoms with Crippen molar-refractivity contribution in [2.75, 3.05) is 14.2 Å². The van der Waals surface area contributed by atoms with Gasteiger partial charge in [0, 0.05) is 5.56 Å². The first-order chi connectivity index (χ1) is 10.3. The number of para-hydroxylation sites is 3. The molecule has 1 atom stereocenters. The van der Waals surface area contributed by atoms with Crippen molar-refractivity contribution >= 4 is 11.0 Å². The van der Waals surface area contributed by atoms with Crippen molar-refractivity contribution in [3.8, 4) is 5.75 Å². The number of benzene rings is 2. The largest absolute Gasteiger partial charge is 0.496 e. The second kappa shape index (κ2) is 5.89. The summed E-state index contributed by atoms with van der Waals surface area (Å²) >= 11 is 0. The number of rotatable bonds is 4. The molecule has 106 valence electrons. The molecule has 0 aliphatic rings. The quantitative estimate of drug-likeness (QED) is 0.797. The maximum atomic E-state index is 5.45. The predicted octanol–water partition coefficient (Wildman–Crippen LogP) is 2.95. The number of hydrogen-bond donors (Lipinski definition) is 1. The maximum absolute atomic E-state index is 5.45. The Morgan fingerprint density at radius 3 is 2.48 bits per heavy atom. The fourth-order valence-corrected chi connectivity index (χ4v) is 2.48. The molecule has 0 aliphatic carbocycles. The standard InChI is InChI=1S/C17H17N3O/c1-18-17(12-7-3-6-10-16(12)21-2)15-11-19-13-8-4-5-9-14(13)20-15/h3-11,17-18H,1-2H3. The van der Waals surface area contributed by atoms with Gasteiger partial charge in [-0.15, -0.1) is 0 Å². The lowest BCUT2D eigenvalue weighted by molar-refractivity contribution is 0.405. The third-order valence-corrected chi connectivity index (χ3v) is 3.50. The van der Waals surface area contributed by atoms with Gasteiger partial charge >= 0.3 is 0 Å². The zero-order chi connectivity index (χ0) is 14.7. The van der Waals surface area contributed by atoms with Crippen molar-refractivity contribution < 1.29 is 4.74 Å². The summed E-state index contributed by atoms with van der Waals surface area (Å²) in [6.45, 7) is 0. The molecule has 2 aromatic carbocycles. The summed E-state index contributed by atoms with van der Waals surface area (Å²) in [5.41, 5.74) is 3.72. The lowest BCUT2D eigenvalue weighted by Gasteiger charge is -2.18. The highest BCUT2D eigenvalue weighted by molar-refractivity contribution is 5.73. The van der Waals surface area contributed by atoms with E-state index in [1.54, 1.807) is 7.11 Å². The summed E-state index contributed by atoms with van der Waals surface area (Å²) in [6.07, 6.45) is 1.82. The molecule has 0 aliphatic heterocycles. The summed E-state index contributed by atoms with van der Waals surface area (Å²) in [6, 6.07) is 15.8. The number of nitrogens with zero attached hydrogens (tertiary/aromatic N) is 2. The van der Waals surface area contributed by atoms with Crippen LogP contribution in [0.25, 0.3) is 11.0 Å². The molecule has 21 heavy (non-hydrogen) atoms. The summed E-state index contributed by atoms with van der Waals surface area (Å²) in [7, 11) is 3.59. The Morgan fingerprint density at radius 1 is 1.00 bits per heavy atom. The predicted molar refractivity (Wildman–Crippen MR) is 83.4 cm³/mol. The Labute approximate surface area is 123 Å². The number of nitrogens with one attached hydrogen (secondary N) is 1. The second-order valence-corrected chi connectivity index (χ2v) is 4.75. The molecule has 4 heteroatoms. The van der Waals surface area contributed by atoms with E-state index in [4.69, 9.17) is 9.72 Å². The molecule has 0 fully saturated rings. The van der Waals surface area contributed by atoms with E-state index < -0.39 is 0 Å². The highest BCUT2D eigenvalue weighted by atomic mass is 16.5. The number of hydrogen-bond acceptors (Lipinski definition) is 4. The molecule has 1 unspecified atom stereocenters. The molecule has 3 aromatic rings. The fourth-order valence-electron chi connectivity index (χ4n) is 2.48. The molecule has 1 N–H and O–H groups in total. The van der Waals surface area contributed by atoms with Crippen LogP contribution in [0.3, 0.4) is 0 Å². The molecule has 1 heterocycles. The number of aromatic nitrogens is 2. The van der Waals surface area contributed by atoms with Gasteiger partial charge in [-0.1, -0.05) is 30.3 Å². The maximum Gasteiger partial charge on any atom is 0.124 e. The zero-order valence-corrected chi connectivity index (χ0v) is 12.1. The minimum atomic E-state index is -0.0572. The van der Waals surface area contributed by atoms with Gasteiger partial charge in [0.25, 0.3) is 0 Å². The van der Waals surface area contributed by atoms with Gasteiger partial charge in [-0.05, 0) is 25.2 Å². The first-order valence-corrected chi connectivity index (χ1v) is 6.85. The molecule has 1 aromatic heterocycles. The van der Waals surface area contributed by atoms with Crippen LogP contribution in [-0.4, -0.2) is 24.1 Å². The van der Waals surface area contributed by atoms with Crippen LogP contribution < -0.4 is 10.1 Å². The smallest absolute Gasteiger partial charge is 0.124 e. The summed E-state index contributed by atoms with van der Waals surface area (Å²) in [5.74, 6) is 0.840. The SMILES string of the molecule is CNC(c1cnc2ccccc2n1)c1ccccc1OC. The van der Waals surface area contributed by atoms with Crippen LogP contribution in [0.4, 0.5) is 0 Å². The van der Waals surface area contributed by atoms with Gasteiger partial charge < -0.3 is 10.1 Å². The number of fused-ring (bicyclic) bond motifs is 1. The van der Waals surface area contributed by atoms with E-state index in [-0.39, 0.29) is 6.04 Å². The fraction of sp³-hybridized carbons (Fsp3) is 0.176. The van der Waals surface area contributed by atoms with E-state index in [1.165, 1.54) is 0 Å². The molecular weight excluding hydrogens is 262 g/mol. The molecule has 4 nitrogen and oxygen atoms in total. The molecule has 0 spiro atoms. The average molecular weight is 279 g/mol. The van der Waals surface area contributed by atoms with E-state index in [0.717, 1.165) is 28.0 Å². The normalized spacial score (nSPS) is 12.3. The molecule has 0 saturated carbocycles. The highest BCUT2D eigenvalue weighted by Gasteiger charge is 2.18. The molecule has 0 amide bonds. The van der Waals surface area contributed by atoms with E-state index in [9.17, 15) is 0 Å². The van der Waals surface area contributed by atoms with Crippen molar-refractivity contribution in [3.63, 3.8) is 0 Å². The van der Waals surface area contributed by atoms with Crippen LogP contribution in [0.15, 0.2) is 54.7 Å². The Morgan fingerprint density at radius 2 is 1.71 bits per heavy atom.